The Morgan fingerprint density at radius 2 is 2.29 bits per heavy atom. The van der Waals surface area contributed by atoms with Gasteiger partial charge in [0.15, 0.2) is 0 Å². The minimum absolute atomic E-state index is 0.0299. The summed E-state index contributed by atoms with van der Waals surface area (Å²) in [5.74, 6) is 0. The highest BCUT2D eigenvalue weighted by Gasteiger charge is 2.07. The summed E-state index contributed by atoms with van der Waals surface area (Å²) in [7, 11) is 1.88. The summed E-state index contributed by atoms with van der Waals surface area (Å²) in [5.41, 5.74) is 3.49. The van der Waals surface area contributed by atoms with Crippen LogP contribution < -0.4 is 0 Å². The van der Waals surface area contributed by atoms with Crippen molar-refractivity contribution in [1.82, 2.24) is 19.7 Å². The van der Waals surface area contributed by atoms with Crippen LogP contribution in [0.5, 0.6) is 0 Å². The molecule has 0 aliphatic heterocycles. The van der Waals surface area contributed by atoms with E-state index in [1.54, 1.807) is 17.1 Å². The van der Waals surface area contributed by atoms with E-state index in [1.807, 2.05) is 18.5 Å². The summed E-state index contributed by atoms with van der Waals surface area (Å²) in [6, 6.07) is 2.01. The van der Waals surface area contributed by atoms with Crippen molar-refractivity contribution in [3.8, 4) is 10.6 Å². The van der Waals surface area contributed by atoms with Gasteiger partial charge >= 0.3 is 0 Å². The lowest BCUT2D eigenvalue weighted by Gasteiger charge is -1.97. The third kappa shape index (κ3) is 1.71. The number of thiazole rings is 1. The molecule has 0 atom stereocenters. The maximum Gasteiger partial charge on any atom is 0.125 e. The molecule has 0 bridgehead atoms. The average Bonchev–Trinajstić information content (AvgIpc) is 2.96. The van der Waals surface area contributed by atoms with E-state index in [9.17, 15) is 0 Å². The van der Waals surface area contributed by atoms with E-state index in [4.69, 9.17) is 5.11 Å². The summed E-state index contributed by atoms with van der Waals surface area (Å²) in [6.07, 6.45) is 3.52. The Kier molecular flexibility index (Phi) is 2.38. The van der Waals surface area contributed by atoms with Crippen molar-refractivity contribution >= 4 is 22.4 Å². The first-order chi connectivity index (χ1) is 8.28. The highest BCUT2D eigenvalue weighted by molar-refractivity contribution is 7.13. The highest BCUT2D eigenvalue weighted by atomic mass is 32.1. The van der Waals surface area contributed by atoms with Crippen molar-refractivity contribution in [3.63, 3.8) is 0 Å². The molecule has 6 heteroatoms. The number of fused-ring (bicyclic) bond motifs is 1. The number of aromatic nitrogens is 4. The maximum absolute atomic E-state index is 9.00. The number of rotatable bonds is 2. The molecule has 0 fully saturated rings. The van der Waals surface area contributed by atoms with Gasteiger partial charge in [0.2, 0.25) is 0 Å². The fourth-order valence-electron chi connectivity index (χ4n) is 1.66. The number of pyridine rings is 1. The second kappa shape index (κ2) is 3.90. The van der Waals surface area contributed by atoms with Crippen LogP contribution in [0.3, 0.4) is 0 Å². The fraction of sp³-hybridized carbons (Fsp3) is 0.182. The van der Waals surface area contributed by atoms with E-state index in [-0.39, 0.29) is 6.61 Å². The Balaban J connectivity index is 2.13. The molecule has 0 aliphatic rings. The summed E-state index contributed by atoms with van der Waals surface area (Å²) < 4.78 is 1.78. The van der Waals surface area contributed by atoms with Crippen LogP contribution >= 0.6 is 11.3 Å². The number of aryl methyl sites for hydroxylation is 1. The molecule has 17 heavy (non-hydrogen) atoms. The van der Waals surface area contributed by atoms with Crippen LogP contribution in [-0.2, 0) is 13.7 Å². The predicted octanol–water partition coefficient (Wildman–Crippen LogP) is 1.58. The van der Waals surface area contributed by atoms with Gasteiger partial charge in [0.05, 0.1) is 24.0 Å². The van der Waals surface area contributed by atoms with E-state index < -0.39 is 0 Å². The molecule has 3 aromatic rings. The zero-order valence-corrected chi connectivity index (χ0v) is 9.98. The summed E-state index contributed by atoms with van der Waals surface area (Å²) in [6.45, 7) is -0.0299. The minimum atomic E-state index is -0.0299. The van der Waals surface area contributed by atoms with Crippen molar-refractivity contribution in [1.29, 1.82) is 0 Å². The van der Waals surface area contributed by atoms with Crippen molar-refractivity contribution in [3.05, 3.63) is 29.5 Å². The van der Waals surface area contributed by atoms with Crippen molar-refractivity contribution < 1.29 is 5.11 Å². The summed E-state index contributed by atoms with van der Waals surface area (Å²) >= 11 is 1.50. The van der Waals surface area contributed by atoms with Gasteiger partial charge in [-0.25, -0.2) is 4.98 Å². The molecule has 0 aliphatic carbocycles. The molecule has 0 radical (unpaired) electrons. The van der Waals surface area contributed by atoms with Crippen LogP contribution in [0.1, 0.15) is 5.69 Å². The first-order valence-electron chi connectivity index (χ1n) is 5.11. The molecule has 0 spiro atoms. The smallest absolute Gasteiger partial charge is 0.125 e. The quantitative estimate of drug-likeness (QED) is 0.745. The van der Waals surface area contributed by atoms with Gasteiger partial charge in [0.1, 0.15) is 10.5 Å². The first-order valence-corrected chi connectivity index (χ1v) is 5.99. The normalized spacial score (nSPS) is 11.2. The minimum Gasteiger partial charge on any atom is -0.390 e. The Bertz CT molecular complexity index is 673. The van der Waals surface area contributed by atoms with Gasteiger partial charge in [-0.1, -0.05) is 0 Å². The fourth-order valence-corrected chi connectivity index (χ4v) is 2.45. The lowest BCUT2D eigenvalue weighted by Crippen LogP contribution is -1.90. The van der Waals surface area contributed by atoms with Crippen molar-refractivity contribution in [2.45, 2.75) is 6.61 Å². The maximum atomic E-state index is 9.00. The Hall–Kier alpha value is -1.79. The Morgan fingerprint density at radius 3 is 3.06 bits per heavy atom. The molecule has 0 saturated carbocycles. The van der Waals surface area contributed by atoms with Crippen LogP contribution in [0.25, 0.3) is 21.6 Å². The third-order valence-corrected chi connectivity index (χ3v) is 3.50. The van der Waals surface area contributed by atoms with Gasteiger partial charge in [0.25, 0.3) is 0 Å². The SMILES string of the molecule is Cn1ncc2ncc(-c3nc(CO)cs3)cc21. The molecule has 0 saturated heterocycles. The third-order valence-electron chi connectivity index (χ3n) is 2.56. The molecular formula is C11H10N4OS. The largest absolute Gasteiger partial charge is 0.390 e. The average molecular weight is 246 g/mol. The van der Waals surface area contributed by atoms with Crippen LogP contribution in [0.15, 0.2) is 23.8 Å². The van der Waals surface area contributed by atoms with Gasteiger partial charge in [0, 0.05) is 24.2 Å². The van der Waals surface area contributed by atoms with Crippen molar-refractivity contribution in [2.24, 2.45) is 7.05 Å². The summed E-state index contributed by atoms with van der Waals surface area (Å²) in [5, 5.41) is 15.9. The molecule has 3 heterocycles. The van der Waals surface area contributed by atoms with Gasteiger partial charge in [-0.15, -0.1) is 11.3 Å². The van der Waals surface area contributed by atoms with Gasteiger partial charge in [-0.3, -0.25) is 9.67 Å². The molecule has 3 rings (SSSR count). The number of hydrogen-bond donors (Lipinski definition) is 1. The molecular weight excluding hydrogens is 236 g/mol. The zero-order chi connectivity index (χ0) is 11.8. The number of aliphatic hydroxyl groups excluding tert-OH is 1. The van der Waals surface area contributed by atoms with E-state index in [1.165, 1.54) is 11.3 Å². The topological polar surface area (TPSA) is 63.8 Å². The molecule has 0 amide bonds. The second-order valence-electron chi connectivity index (χ2n) is 3.70. The van der Waals surface area contributed by atoms with E-state index >= 15 is 0 Å². The lowest BCUT2D eigenvalue weighted by molar-refractivity contribution is 0.278. The lowest BCUT2D eigenvalue weighted by atomic mass is 10.2. The first kappa shape index (κ1) is 10.4. The standard InChI is InChI=1S/C11H10N4OS/c1-15-10-2-7(3-12-9(10)4-13-15)11-14-8(5-16)6-17-11/h2-4,6,16H,5H2,1H3. The van der Waals surface area contributed by atoms with Gasteiger partial charge < -0.3 is 5.11 Å². The van der Waals surface area contributed by atoms with Gasteiger partial charge in [-0.05, 0) is 6.07 Å². The zero-order valence-electron chi connectivity index (χ0n) is 9.16. The van der Waals surface area contributed by atoms with Crippen LogP contribution in [0.2, 0.25) is 0 Å². The highest BCUT2D eigenvalue weighted by Crippen LogP contribution is 2.25. The number of aliphatic hydroxyl groups is 1. The predicted molar refractivity (Wildman–Crippen MR) is 65.5 cm³/mol. The monoisotopic (exact) mass is 246 g/mol. The van der Waals surface area contributed by atoms with Crippen LogP contribution in [-0.4, -0.2) is 24.9 Å². The van der Waals surface area contributed by atoms with E-state index in [0.29, 0.717) is 5.69 Å². The molecule has 5 nitrogen and oxygen atoms in total. The Morgan fingerprint density at radius 1 is 1.41 bits per heavy atom. The molecule has 86 valence electrons. The molecule has 3 aromatic heterocycles. The van der Waals surface area contributed by atoms with E-state index in [2.05, 4.69) is 15.1 Å². The Labute approximate surface area is 101 Å². The molecule has 0 aromatic carbocycles. The van der Waals surface area contributed by atoms with Crippen LogP contribution in [0.4, 0.5) is 0 Å². The van der Waals surface area contributed by atoms with E-state index in [0.717, 1.165) is 21.6 Å². The second-order valence-corrected chi connectivity index (χ2v) is 4.56. The number of nitrogens with zero attached hydrogens (tertiary/aromatic N) is 4. The van der Waals surface area contributed by atoms with Gasteiger partial charge in [-0.2, -0.15) is 5.10 Å². The molecule has 0 unspecified atom stereocenters. The van der Waals surface area contributed by atoms with Crippen LogP contribution in [0, 0.1) is 0 Å². The van der Waals surface area contributed by atoms with Crippen molar-refractivity contribution in [2.75, 3.05) is 0 Å². The summed E-state index contributed by atoms with van der Waals surface area (Å²) in [4.78, 5) is 8.65. The number of hydrogen-bond acceptors (Lipinski definition) is 5. The molecule has 1 N–H and O–H groups in total.